The SMILES string of the molecule is COc1ccnc(N2C[C@H](c3ccc4c(c3)OCO4)[C@H]3[C@@H]2C2CCN3CC2)n1. The number of aromatic nitrogens is 2. The molecule has 1 aromatic carbocycles. The highest BCUT2D eigenvalue weighted by atomic mass is 16.7. The second-order valence-corrected chi connectivity index (χ2v) is 8.13. The average Bonchev–Trinajstić information content (AvgIpc) is 3.40. The number of methoxy groups -OCH3 is 1. The van der Waals surface area contributed by atoms with Gasteiger partial charge >= 0.3 is 0 Å². The van der Waals surface area contributed by atoms with E-state index >= 15 is 0 Å². The summed E-state index contributed by atoms with van der Waals surface area (Å²) in [5.74, 6) is 4.21. The van der Waals surface area contributed by atoms with E-state index in [2.05, 4.69) is 31.9 Å². The second kappa shape index (κ2) is 6.24. The highest BCUT2D eigenvalue weighted by Gasteiger charge is 2.54. The molecule has 4 saturated heterocycles. The summed E-state index contributed by atoms with van der Waals surface area (Å²) in [5.41, 5.74) is 1.32. The molecule has 0 spiro atoms. The van der Waals surface area contributed by atoms with Gasteiger partial charge in [-0.05, 0) is 49.5 Å². The summed E-state index contributed by atoms with van der Waals surface area (Å²) in [6, 6.07) is 9.17. The Labute approximate surface area is 164 Å². The maximum atomic E-state index is 5.65. The Morgan fingerprint density at radius 1 is 1.07 bits per heavy atom. The number of ether oxygens (including phenoxy) is 3. The quantitative estimate of drug-likeness (QED) is 0.810. The minimum atomic E-state index is 0.313. The van der Waals surface area contributed by atoms with Gasteiger partial charge in [-0.3, -0.25) is 4.90 Å². The maximum absolute atomic E-state index is 5.65. The Morgan fingerprint density at radius 3 is 2.79 bits per heavy atom. The van der Waals surface area contributed by atoms with Crippen molar-refractivity contribution in [2.75, 3.05) is 38.4 Å². The van der Waals surface area contributed by atoms with Gasteiger partial charge in [0.15, 0.2) is 11.5 Å². The highest BCUT2D eigenvalue weighted by Crippen LogP contribution is 2.48. The first-order valence-electron chi connectivity index (χ1n) is 10.1. The van der Waals surface area contributed by atoms with Crippen molar-refractivity contribution in [2.45, 2.75) is 30.8 Å². The molecule has 7 heteroatoms. The van der Waals surface area contributed by atoms with Crippen LogP contribution >= 0.6 is 0 Å². The fraction of sp³-hybridized carbons (Fsp3) is 0.524. The first-order chi connectivity index (χ1) is 13.8. The van der Waals surface area contributed by atoms with Crippen LogP contribution in [0.4, 0.5) is 5.95 Å². The highest BCUT2D eigenvalue weighted by molar-refractivity contribution is 5.49. The molecule has 0 N–H and O–H groups in total. The van der Waals surface area contributed by atoms with Gasteiger partial charge in [0.05, 0.1) is 13.2 Å². The van der Waals surface area contributed by atoms with E-state index < -0.39 is 0 Å². The van der Waals surface area contributed by atoms with Crippen LogP contribution in [0.5, 0.6) is 17.4 Å². The number of rotatable bonds is 3. The smallest absolute Gasteiger partial charge is 0.231 e. The van der Waals surface area contributed by atoms with E-state index in [4.69, 9.17) is 14.2 Å². The van der Waals surface area contributed by atoms with Crippen LogP contribution in [0, 0.1) is 5.92 Å². The first kappa shape index (κ1) is 16.4. The number of fused-ring (bicyclic) bond motifs is 3. The van der Waals surface area contributed by atoms with Gasteiger partial charge in [0, 0.05) is 30.8 Å². The molecule has 146 valence electrons. The molecule has 0 unspecified atom stereocenters. The van der Waals surface area contributed by atoms with Crippen LogP contribution in [0.15, 0.2) is 30.5 Å². The third kappa shape index (κ3) is 2.38. The van der Waals surface area contributed by atoms with E-state index in [9.17, 15) is 0 Å². The van der Waals surface area contributed by atoms with Gasteiger partial charge < -0.3 is 19.1 Å². The number of anilines is 1. The lowest BCUT2D eigenvalue weighted by molar-refractivity contribution is 0.0353. The molecule has 1 aromatic heterocycles. The summed E-state index contributed by atoms with van der Waals surface area (Å²) in [5, 5.41) is 0. The van der Waals surface area contributed by atoms with Crippen molar-refractivity contribution >= 4 is 5.95 Å². The van der Waals surface area contributed by atoms with Gasteiger partial charge in [-0.1, -0.05) is 6.07 Å². The van der Waals surface area contributed by atoms with Crippen LogP contribution in [0.1, 0.15) is 24.3 Å². The van der Waals surface area contributed by atoms with E-state index in [1.54, 1.807) is 13.3 Å². The summed E-state index contributed by atoms with van der Waals surface area (Å²) in [7, 11) is 1.66. The summed E-state index contributed by atoms with van der Waals surface area (Å²) in [6.45, 7) is 3.61. The minimum Gasteiger partial charge on any atom is -0.481 e. The summed E-state index contributed by atoms with van der Waals surface area (Å²) in [6.07, 6.45) is 4.32. The Balaban J connectivity index is 1.41. The van der Waals surface area contributed by atoms with E-state index in [-0.39, 0.29) is 0 Å². The van der Waals surface area contributed by atoms with Crippen molar-refractivity contribution in [2.24, 2.45) is 5.92 Å². The van der Waals surface area contributed by atoms with E-state index in [0.717, 1.165) is 24.0 Å². The molecule has 0 saturated carbocycles. The van der Waals surface area contributed by atoms with Crippen molar-refractivity contribution in [3.63, 3.8) is 0 Å². The molecule has 0 aliphatic carbocycles. The van der Waals surface area contributed by atoms with E-state index in [1.165, 1.54) is 31.5 Å². The predicted molar refractivity (Wildman–Crippen MR) is 103 cm³/mol. The van der Waals surface area contributed by atoms with Crippen LogP contribution in [0.2, 0.25) is 0 Å². The van der Waals surface area contributed by atoms with Crippen molar-refractivity contribution < 1.29 is 14.2 Å². The Kier molecular flexibility index (Phi) is 3.66. The van der Waals surface area contributed by atoms with Crippen LogP contribution in [0.25, 0.3) is 0 Å². The average molecular weight is 380 g/mol. The van der Waals surface area contributed by atoms with Gasteiger partial charge in [0.2, 0.25) is 18.6 Å². The van der Waals surface area contributed by atoms with E-state index in [0.29, 0.717) is 36.6 Å². The molecular formula is C21H24N4O3. The standard InChI is InChI=1S/C21H24N4O3/c1-26-18-4-7-22-21(23-18)25-11-15(14-2-3-16-17(10-14)28-12-27-16)20-19(25)13-5-8-24(20)9-6-13/h2-4,7,10,13,15,19-20H,5-6,8-9,11-12H2,1H3/t15-,19+,20+/m1/s1. The molecule has 28 heavy (non-hydrogen) atoms. The molecule has 5 aliphatic heterocycles. The fourth-order valence-corrected chi connectivity index (χ4v) is 5.67. The number of nitrogens with zero attached hydrogens (tertiary/aromatic N) is 4. The van der Waals surface area contributed by atoms with Crippen molar-refractivity contribution in [1.82, 2.24) is 14.9 Å². The number of hydrogen-bond acceptors (Lipinski definition) is 7. The number of piperidine rings is 3. The van der Waals surface area contributed by atoms with Crippen LogP contribution < -0.4 is 19.1 Å². The zero-order valence-corrected chi connectivity index (χ0v) is 16.0. The molecule has 2 bridgehead atoms. The zero-order valence-electron chi connectivity index (χ0n) is 16.0. The second-order valence-electron chi connectivity index (χ2n) is 8.13. The lowest BCUT2D eigenvalue weighted by Crippen LogP contribution is -2.60. The molecule has 2 aromatic rings. The number of hydrogen-bond donors (Lipinski definition) is 0. The van der Waals surface area contributed by atoms with Crippen molar-refractivity contribution in [1.29, 1.82) is 0 Å². The molecular weight excluding hydrogens is 356 g/mol. The van der Waals surface area contributed by atoms with Crippen LogP contribution in [-0.2, 0) is 0 Å². The number of benzene rings is 1. The monoisotopic (exact) mass is 380 g/mol. The molecule has 7 rings (SSSR count). The molecule has 6 heterocycles. The molecule has 7 nitrogen and oxygen atoms in total. The zero-order chi connectivity index (χ0) is 18.7. The molecule has 0 amide bonds. The van der Waals surface area contributed by atoms with Gasteiger partial charge in [-0.25, -0.2) is 4.98 Å². The molecule has 5 aliphatic rings. The van der Waals surface area contributed by atoms with Gasteiger partial charge in [-0.15, -0.1) is 0 Å². The van der Waals surface area contributed by atoms with Crippen LogP contribution in [-0.4, -0.2) is 60.5 Å². The van der Waals surface area contributed by atoms with Gasteiger partial charge in [0.1, 0.15) is 0 Å². The summed E-state index contributed by atoms with van der Waals surface area (Å²) < 4.78 is 16.5. The summed E-state index contributed by atoms with van der Waals surface area (Å²) in [4.78, 5) is 14.4. The third-order valence-corrected chi connectivity index (χ3v) is 6.90. The molecule has 0 radical (unpaired) electrons. The normalized spacial score (nSPS) is 32.5. The third-order valence-electron chi connectivity index (χ3n) is 6.90. The van der Waals surface area contributed by atoms with Crippen LogP contribution in [0.3, 0.4) is 0 Å². The largest absolute Gasteiger partial charge is 0.481 e. The van der Waals surface area contributed by atoms with Gasteiger partial charge in [-0.2, -0.15) is 4.98 Å². The fourth-order valence-electron chi connectivity index (χ4n) is 5.67. The lowest BCUT2D eigenvalue weighted by Gasteiger charge is -2.51. The Hall–Kier alpha value is -2.54. The lowest BCUT2D eigenvalue weighted by atomic mass is 9.75. The topological polar surface area (TPSA) is 60.0 Å². The molecule has 3 atom stereocenters. The summed E-state index contributed by atoms with van der Waals surface area (Å²) >= 11 is 0. The molecule has 4 fully saturated rings. The first-order valence-corrected chi connectivity index (χ1v) is 10.1. The Morgan fingerprint density at radius 2 is 1.93 bits per heavy atom. The van der Waals surface area contributed by atoms with Crippen molar-refractivity contribution in [3.05, 3.63) is 36.0 Å². The van der Waals surface area contributed by atoms with Crippen molar-refractivity contribution in [3.8, 4) is 17.4 Å². The van der Waals surface area contributed by atoms with Gasteiger partial charge in [0.25, 0.3) is 0 Å². The predicted octanol–water partition coefficient (Wildman–Crippen LogP) is 2.28. The van der Waals surface area contributed by atoms with E-state index in [1.807, 2.05) is 12.1 Å². The maximum Gasteiger partial charge on any atom is 0.231 e. The minimum absolute atomic E-state index is 0.313. The Bertz CT molecular complexity index is 899.